The average Bonchev–Trinajstić information content (AvgIpc) is 2.71. The molecule has 0 aliphatic heterocycles. The minimum atomic E-state index is -3.91. The summed E-state index contributed by atoms with van der Waals surface area (Å²) in [6.45, 7) is 1.68. The molecule has 0 saturated heterocycles. The van der Waals surface area contributed by atoms with E-state index in [1.165, 1.54) is 0 Å². The van der Waals surface area contributed by atoms with Gasteiger partial charge in [-0.25, -0.2) is 0 Å². The maximum Gasteiger partial charge on any atom is 0.323 e. The van der Waals surface area contributed by atoms with Gasteiger partial charge in [-0.05, 0) is 17.5 Å². The fourth-order valence-corrected chi connectivity index (χ4v) is 3.47. The van der Waals surface area contributed by atoms with E-state index in [9.17, 15) is 18.0 Å². The number of rotatable bonds is 11. The van der Waals surface area contributed by atoms with Crippen LogP contribution < -0.4 is 0 Å². The first-order chi connectivity index (χ1) is 14.3. The van der Waals surface area contributed by atoms with Crippen molar-refractivity contribution in [1.29, 1.82) is 0 Å². The van der Waals surface area contributed by atoms with Crippen LogP contribution in [0, 0.1) is 5.92 Å². The second-order valence-corrected chi connectivity index (χ2v) is 8.39. The molecule has 0 aromatic heterocycles. The van der Waals surface area contributed by atoms with Crippen molar-refractivity contribution in [2.24, 2.45) is 5.92 Å². The van der Waals surface area contributed by atoms with Gasteiger partial charge < -0.3 is 9.47 Å². The van der Waals surface area contributed by atoms with E-state index >= 15 is 0 Å². The Labute approximate surface area is 177 Å². The van der Waals surface area contributed by atoms with E-state index < -0.39 is 34.1 Å². The first-order valence-corrected chi connectivity index (χ1v) is 11.4. The maximum absolute atomic E-state index is 12.8. The molecule has 8 heteroatoms. The highest BCUT2D eigenvalue weighted by Crippen LogP contribution is 2.21. The zero-order valence-electron chi connectivity index (χ0n) is 17.0. The molecule has 7 nitrogen and oxygen atoms in total. The van der Waals surface area contributed by atoms with Crippen LogP contribution in [0.1, 0.15) is 30.9 Å². The number of esters is 2. The Hall–Kier alpha value is -2.71. The van der Waals surface area contributed by atoms with Crippen LogP contribution in [0.5, 0.6) is 0 Å². The molecular formula is C22H26O7S. The van der Waals surface area contributed by atoms with Crippen LogP contribution >= 0.6 is 0 Å². The minimum absolute atomic E-state index is 0.0557. The van der Waals surface area contributed by atoms with E-state index in [0.29, 0.717) is 6.42 Å². The van der Waals surface area contributed by atoms with E-state index in [2.05, 4.69) is 0 Å². The highest BCUT2D eigenvalue weighted by molar-refractivity contribution is 7.86. The average molecular weight is 435 g/mol. The molecule has 0 aliphatic carbocycles. The van der Waals surface area contributed by atoms with Crippen LogP contribution in [-0.2, 0) is 46.6 Å². The summed E-state index contributed by atoms with van der Waals surface area (Å²) in [5.74, 6) is -3.30. The van der Waals surface area contributed by atoms with Crippen LogP contribution in [-0.4, -0.2) is 32.7 Å². The summed E-state index contributed by atoms with van der Waals surface area (Å²) >= 11 is 0. The van der Waals surface area contributed by atoms with Crippen molar-refractivity contribution < 1.29 is 31.7 Å². The fraction of sp³-hybridized carbons (Fsp3) is 0.364. The Balaban J connectivity index is 2.17. The van der Waals surface area contributed by atoms with Gasteiger partial charge in [0.1, 0.15) is 19.3 Å². The van der Waals surface area contributed by atoms with Gasteiger partial charge in [-0.15, -0.1) is 0 Å². The van der Waals surface area contributed by atoms with Crippen LogP contribution in [0.4, 0.5) is 0 Å². The summed E-state index contributed by atoms with van der Waals surface area (Å²) < 4.78 is 39.0. The Morgan fingerprint density at radius 1 is 0.833 bits per heavy atom. The third-order valence-electron chi connectivity index (χ3n) is 4.20. The summed E-state index contributed by atoms with van der Waals surface area (Å²) in [4.78, 5) is 25.5. The Morgan fingerprint density at radius 3 is 1.63 bits per heavy atom. The van der Waals surface area contributed by atoms with Crippen molar-refractivity contribution in [3.8, 4) is 0 Å². The summed E-state index contributed by atoms with van der Waals surface area (Å²) in [6, 6.07) is 17.9. The molecule has 0 N–H and O–H groups in total. The van der Waals surface area contributed by atoms with Gasteiger partial charge in [0.2, 0.25) is 0 Å². The molecular weight excluding hydrogens is 408 g/mol. The van der Waals surface area contributed by atoms with Crippen LogP contribution in [0.2, 0.25) is 0 Å². The smallest absolute Gasteiger partial charge is 0.323 e. The summed E-state index contributed by atoms with van der Waals surface area (Å²) in [6.07, 6.45) is 0.321. The molecule has 0 bridgehead atoms. The molecule has 0 aliphatic rings. The van der Waals surface area contributed by atoms with Crippen molar-refractivity contribution in [2.75, 3.05) is 6.26 Å². The van der Waals surface area contributed by atoms with Crippen molar-refractivity contribution >= 4 is 22.1 Å². The lowest BCUT2D eigenvalue weighted by Crippen LogP contribution is -2.40. The van der Waals surface area contributed by atoms with Crippen LogP contribution in [0.3, 0.4) is 0 Å². The number of hydrogen-bond donors (Lipinski definition) is 0. The van der Waals surface area contributed by atoms with E-state index in [0.717, 1.165) is 17.4 Å². The molecule has 1 atom stereocenters. The minimum Gasteiger partial charge on any atom is -0.460 e. The molecule has 0 spiro atoms. The maximum atomic E-state index is 12.8. The largest absolute Gasteiger partial charge is 0.460 e. The molecule has 2 aromatic carbocycles. The lowest BCUT2D eigenvalue weighted by molar-refractivity contribution is -0.168. The predicted molar refractivity (Wildman–Crippen MR) is 111 cm³/mol. The monoisotopic (exact) mass is 434 g/mol. The molecule has 2 rings (SSSR count). The molecule has 0 amide bonds. The standard InChI is InChI=1S/C22H26O7S/c1-3-10-19(29-30(2,25)26)20(21(23)27-15-17-11-6-4-7-12-17)22(24)28-16-18-13-8-5-9-14-18/h4-9,11-14,19-20H,3,10,15-16H2,1-2H3/t19-/m0/s1. The second kappa shape index (κ2) is 11.5. The molecule has 0 unspecified atom stereocenters. The van der Waals surface area contributed by atoms with Crippen molar-refractivity contribution in [3.05, 3.63) is 71.8 Å². The quantitative estimate of drug-likeness (QED) is 0.304. The van der Waals surface area contributed by atoms with E-state index in [1.54, 1.807) is 55.5 Å². The van der Waals surface area contributed by atoms with Gasteiger partial charge in [0.15, 0.2) is 5.92 Å². The van der Waals surface area contributed by atoms with Crippen molar-refractivity contribution in [3.63, 3.8) is 0 Å². The summed E-state index contributed by atoms with van der Waals surface area (Å²) in [7, 11) is -3.91. The van der Waals surface area contributed by atoms with Gasteiger partial charge in [0, 0.05) is 0 Å². The Bertz CT molecular complexity index is 856. The van der Waals surface area contributed by atoms with Crippen LogP contribution in [0.25, 0.3) is 0 Å². The lowest BCUT2D eigenvalue weighted by Gasteiger charge is -2.23. The molecule has 0 radical (unpaired) electrons. The number of carbonyl (C=O) groups is 2. The van der Waals surface area contributed by atoms with Gasteiger partial charge in [-0.3, -0.25) is 13.8 Å². The van der Waals surface area contributed by atoms with E-state index in [1.807, 2.05) is 12.1 Å². The van der Waals surface area contributed by atoms with Gasteiger partial charge in [0.05, 0.1) is 6.26 Å². The third-order valence-corrected chi connectivity index (χ3v) is 4.80. The van der Waals surface area contributed by atoms with Crippen molar-refractivity contribution in [1.82, 2.24) is 0 Å². The first kappa shape index (κ1) is 23.6. The second-order valence-electron chi connectivity index (χ2n) is 6.79. The van der Waals surface area contributed by atoms with Gasteiger partial charge in [0.25, 0.3) is 10.1 Å². The normalized spacial score (nSPS) is 12.4. The molecule has 2 aromatic rings. The highest BCUT2D eigenvalue weighted by atomic mass is 32.2. The molecule has 0 heterocycles. The van der Waals surface area contributed by atoms with E-state index in [4.69, 9.17) is 13.7 Å². The molecule has 0 saturated carbocycles. The predicted octanol–water partition coefficient (Wildman–Crippen LogP) is 3.23. The SMILES string of the molecule is CCC[C@H](OS(C)(=O)=O)C(C(=O)OCc1ccccc1)C(=O)OCc1ccccc1. The zero-order valence-corrected chi connectivity index (χ0v) is 17.8. The molecule has 0 fully saturated rings. The number of benzene rings is 2. The van der Waals surface area contributed by atoms with Crippen LogP contribution in [0.15, 0.2) is 60.7 Å². The topological polar surface area (TPSA) is 96.0 Å². The summed E-state index contributed by atoms with van der Waals surface area (Å²) in [5.41, 5.74) is 1.47. The first-order valence-electron chi connectivity index (χ1n) is 9.59. The van der Waals surface area contributed by atoms with Gasteiger partial charge in [-0.1, -0.05) is 74.0 Å². The Kier molecular flexibility index (Phi) is 9.01. The van der Waals surface area contributed by atoms with Gasteiger partial charge >= 0.3 is 11.9 Å². The zero-order chi connectivity index (χ0) is 22.0. The molecule has 162 valence electrons. The van der Waals surface area contributed by atoms with Crippen molar-refractivity contribution in [2.45, 2.75) is 39.1 Å². The van der Waals surface area contributed by atoms with E-state index in [-0.39, 0.29) is 19.6 Å². The van der Waals surface area contributed by atoms with Gasteiger partial charge in [-0.2, -0.15) is 8.42 Å². The summed E-state index contributed by atoms with van der Waals surface area (Å²) in [5, 5.41) is 0. The number of ether oxygens (including phenoxy) is 2. The number of hydrogen-bond acceptors (Lipinski definition) is 7. The lowest BCUT2D eigenvalue weighted by atomic mass is 9.99. The molecule has 30 heavy (non-hydrogen) atoms. The highest BCUT2D eigenvalue weighted by Gasteiger charge is 2.40. The Morgan fingerprint density at radius 2 is 1.27 bits per heavy atom. The number of carbonyl (C=O) groups excluding carboxylic acids is 2. The third kappa shape index (κ3) is 7.96. The fourth-order valence-electron chi connectivity index (χ4n) is 2.82.